The van der Waals surface area contributed by atoms with Crippen LogP contribution in [0, 0.1) is 6.92 Å². The lowest BCUT2D eigenvalue weighted by Crippen LogP contribution is -1.80. The van der Waals surface area contributed by atoms with Crippen LogP contribution >= 0.6 is 34.7 Å². The highest BCUT2D eigenvalue weighted by Gasteiger charge is 2.09. The third kappa shape index (κ3) is 1.56. The predicted molar refractivity (Wildman–Crippen MR) is 67.9 cm³/mol. The topological polar surface area (TPSA) is 0 Å². The fourth-order valence-electron chi connectivity index (χ4n) is 1.63. The Kier molecular flexibility index (Phi) is 3.05. The molecule has 0 aliphatic carbocycles. The summed E-state index contributed by atoms with van der Waals surface area (Å²) in [6.45, 7) is 2.15. The molecule has 2 aromatic rings. The lowest BCUT2D eigenvalue weighted by atomic mass is 10.1. The Morgan fingerprint density at radius 1 is 1.43 bits per heavy atom. The highest BCUT2D eigenvalue weighted by atomic mass is 35.5. The van der Waals surface area contributed by atoms with E-state index in [9.17, 15) is 0 Å². The fraction of sp³-hybridized carbons (Fsp3) is 0.273. The van der Waals surface area contributed by atoms with E-state index in [1.54, 1.807) is 23.1 Å². The van der Waals surface area contributed by atoms with Crippen LogP contribution in [0.15, 0.2) is 22.4 Å². The summed E-state index contributed by atoms with van der Waals surface area (Å²) in [5.41, 5.74) is 2.59. The molecule has 1 aromatic heterocycles. The first kappa shape index (κ1) is 10.3. The van der Waals surface area contributed by atoms with Crippen LogP contribution in [0.5, 0.6) is 0 Å². The molecule has 0 saturated carbocycles. The fourth-order valence-corrected chi connectivity index (χ4v) is 3.87. The molecule has 0 amide bonds. The number of fused-ring (bicyclic) bond motifs is 1. The lowest BCUT2D eigenvalue weighted by molar-refractivity contribution is 1.43. The van der Waals surface area contributed by atoms with Gasteiger partial charge in [-0.2, -0.15) is 0 Å². The van der Waals surface area contributed by atoms with Crippen molar-refractivity contribution in [3.8, 4) is 0 Å². The summed E-state index contributed by atoms with van der Waals surface area (Å²) in [7, 11) is 0. The average Bonchev–Trinajstić information content (AvgIpc) is 2.63. The minimum Gasteiger partial charge on any atom is -0.142 e. The van der Waals surface area contributed by atoms with Gasteiger partial charge in [0.05, 0.1) is 0 Å². The second-order valence-electron chi connectivity index (χ2n) is 3.18. The maximum atomic E-state index is 5.91. The van der Waals surface area contributed by atoms with Gasteiger partial charge in [0.2, 0.25) is 0 Å². The second kappa shape index (κ2) is 4.13. The van der Waals surface area contributed by atoms with Crippen molar-refractivity contribution in [2.75, 3.05) is 6.26 Å². The number of alkyl halides is 1. The normalized spacial score (nSPS) is 11.1. The lowest BCUT2D eigenvalue weighted by Gasteiger charge is -2.03. The van der Waals surface area contributed by atoms with E-state index in [1.165, 1.54) is 26.1 Å². The van der Waals surface area contributed by atoms with Crippen molar-refractivity contribution in [2.24, 2.45) is 0 Å². The minimum atomic E-state index is 0.610. The van der Waals surface area contributed by atoms with Gasteiger partial charge in [0.1, 0.15) is 0 Å². The van der Waals surface area contributed by atoms with E-state index in [1.807, 2.05) is 0 Å². The third-order valence-corrected chi connectivity index (χ3v) is 4.59. The molecule has 1 heterocycles. The van der Waals surface area contributed by atoms with Crippen LogP contribution in [-0.4, -0.2) is 6.26 Å². The van der Waals surface area contributed by atoms with Crippen molar-refractivity contribution < 1.29 is 0 Å². The summed E-state index contributed by atoms with van der Waals surface area (Å²) in [4.78, 5) is 1.35. The zero-order valence-electron chi connectivity index (χ0n) is 8.13. The van der Waals surface area contributed by atoms with E-state index < -0.39 is 0 Å². The molecule has 0 saturated heterocycles. The predicted octanol–water partition coefficient (Wildman–Crippen LogP) is 4.67. The van der Waals surface area contributed by atoms with Gasteiger partial charge < -0.3 is 0 Å². The number of hydrogen-bond acceptors (Lipinski definition) is 2. The van der Waals surface area contributed by atoms with Gasteiger partial charge in [-0.3, -0.25) is 0 Å². The van der Waals surface area contributed by atoms with Gasteiger partial charge >= 0.3 is 0 Å². The molecule has 1 aromatic carbocycles. The summed E-state index contributed by atoms with van der Waals surface area (Å²) < 4.78 is 1.38. The number of benzene rings is 1. The molecule has 3 heteroatoms. The number of halogens is 1. The molecule has 0 nitrogen and oxygen atoms in total. The molecule has 0 radical (unpaired) electrons. The Bertz CT molecular complexity index is 460. The number of thioether (sulfide) groups is 1. The Hall–Kier alpha value is -0.180. The molecule has 14 heavy (non-hydrogen) atoms. The number of thiophene rings is 1. The van der Waals surface area contributed by atoms with Crippen LogP contribution < -0.4 is 0 Å². The van der Waals surface area contributed by atoms with E-state index in [4.69, 9.17) is 11.6 Å². The van der Waals surface area contributed by atoms with Crippen molar-refractivity contribution in [1.29, 1.82) is 0 Å². The molecule has 0 aliphatic rings. The summed E-state index contributed by atoms with van der Waals surface area (Å²) in [6, 6.07) is 4.37. The van der Waals surface area contributed by atoms with Gasteiger partial charge in [-0.25, -0.2) is 0 Å². The van der Waals surface area contributed by atoms with Crippen molar-refractivity contribution in [3.63, 3.8) is 0 Å². The zero-order valence-corrected chi connectivity index (χ0v) is 10.5. The van der Waals surface area contributed by atoms with Gasteiger partial charge in [0.15, 0.2) is 0 Å². The highest BCUT2D eigenvalue weighted by molar-refractivity contribution is 7.99. The van der Waals surface area contributed by atoms with E-state index in [0.29, 0.717) is 5.88 Å². The standard InChI is InChI=1S/C11H11ClS2/c1-7-3-4-9(13-2)11-10(7)8(5-12)6-14-11/h3-4,6H,5H2,1-2H3. The van der Waals surface area contributed by atoms with E-state index in [-0.39, 0.29) is 0 Å². The molecule has 0 bridgehead atoms. The van der Waals surface area contributed by atoms with Gasteiger partial charge in [-0.05, 0) is 35.8 Å². The Morgan fingerprint density at radius 2 is 2.21 bits per heavy atom. The van der Waals surface area contributed by atoms with Gasteiger partial charge in [-0.15, -0.1) is 34.7 Å². The summed E-state index contributed by atoms with van der Waals surface area (Å²) in [5, 5.41) is 3.53. The van der Waals surface area contributed by atoms with Crippen LogP contribution in [-0.2, 0) is 5.88 Å². The first-order valence-electron chi connectivity index (χ1n) is 4.37. The largest absolute Gasteiger partial charge is 0.142 e. The summed E-state index contributed by atoms with van der Waals surface area (Å²) in [5.74, 6) is 0.610. The van der Waals surface area contributed by atoms with E-state index in [2.05, 4.69) is 30.7 Å². The number of rotatable bonds is 2. The van der Waals surface area contributed by atoms with Crippen molar-refractivity contribution in [3.05, 3.63) is 28.6 Å². The van der Waals surface area contributed by atoms with Crippen LogP contribution in [0.2, 0.25) is 0 Å². The van der Waals surface area contributed by atoms with Crippen LogP contribution in [0.3, 0.4) is 0 Å². The Balaban J connectivity index is 2.80. The zero-order chi connectivity index (χ0) is 10.1. The molecule has 0 N–H and O–H groups in total. The van der Waals surface area contributed by atoms with Gasteiger partial charge in [0.25, 0.3) is 0 Å². The maximum Gasteiger partial charge on any atom is 0.0488 e. The molecular weight excluding hydrogens is 232 g/mol. The first-order chi connectivity index (χ1) is 6.77. The monoisotopic (exact) mass is 242 g/mol. The van der Waals surface area contributed by atoms with Crippen molar-refractivity contribution >= 4 is 44.8 Å². The maximum absolute atomic E-state index is 5.91. The minimum absolute atomic E-state index is 0.610. The van der Waals surface area contributed by atoms with E-state index in [0.717, 1.165) is 0 Å². The quantitative estimate of drug-likeness (QED) is 0.545. The van der Waals surface area contributed by atoms with Crippen LogP contribution in [0.4, 0.5) is 0 Å². The van der Waals surface area contributed by atoms with Crippen LogP contribution in [0.1, 0.15) is 11.1 Å². The van der Waals surface area contributed by atoms with Crippen molar-refractivity contribution in [2.45, 2.75) is 17.7 Å². The summed E-state index contributed by atoms with van der Waals surface area (Å²) >= 11 is 9.51. The first-order valence-corrected chi connectivity index (χ1v) is 7.01. The average molecular weight is 243 g/mol. The number of hydrogen-bond donors (Lipinski definition) is 0. The second-order valence-corrected chi connectivity index (χ2v) is 5.18. The van der Waals surface area contributed by atoms with Crippen molar-refractivity contribution in [1.82, 2.24) is 0 Å². The third-order valence-electron chi connectivity index (χ3n) is 2.33. The van der Waals surface area contributed by atoms with Gasteiger partial charge in [0, 0.05) is 20.9 Å². The molecule has 0 atom stereocenters. The Labute approximate surface area is 97.3 Å². The molecule has 0 fully saturated rings. The molecular formula is C11H11ClS2. The molecule has 0 unspecified atom stereocenters. The van der Waals surface area contributed by atoms with Crippen LogP contribution in [0.25, 0.3) is 10.1 Å². The Morgan fingerprint density at radius 3 is 2.86 bits per heavy atom. The molecule has 0 spiro atoms. The molecule has 74 valence electrons. The SMILES string of the molecule is CSc1ccc(C)c2c(CCl)csc12. The highest BCUT2D eigenvalue weighted by Crippen LogP contribution is 2.36. The van der Waals surface area contributed by atoms with E-state index >= 15 is 0 Å². The number of aryl methyl sites for hydroxylation is 1. The van der Waals surface area contributed by atoms with Gasteiger partial charge in [-0.1, -0.05) is 6.07 Å². The smallest absolute Gasteiger partial charge is 0.0488 e. The summed E-state index contributed by atoms with van der Waals surface area (Å²) in [6.07, 6.45) is 2.12. The molecule has 0 aliphatic heterocycles. The molecule has 2 rings (SSSR count).